The third-order valence-corrected chi connectivity index (χ3v) is 3.24. The van der Waals surface area contributed by atoms with Crippen molar-refractivity contribution in [1.82, 2.24) is 9.88 Å². The van der Waals surface area contributed by atoms with Crippen LogP contribution in [0.5, 0.6) is 0 Å². The molecule has 1 saturated heterocycles. The summed E-state index contributed by atoms with van der Waals surface area (Å²) in [4.78, 5) is 7.08. The molecule has 2 heterocycles. The summed E-state index contributed by atoms with van der Waals surface area (Å²) >= 11 is 0. The Morgan fingerprint density at radius 1 is 1.32 bits per heavy atom. The first kappa shape index (κ1) is 14.3. The Kier molecular flexibility index (Phi) is 5.16. The SMILES string of the molecule is CCCNc1cccc(CN2C[C@@H](C)O[C@@H](C)C2)n1. The second-order valence-corrected chi connectivity index (χ2v) is 5.39. The minimum atomic E-state index is 0.310. The van der Waals surface area contributed by atoms with Crippen LogP contribution in [0.3, 0.4) is 0 Å². The lowest BCUT2D eigenvalue weighted by Crippen LogP contribution is -2.44. The topological polar surface area (TPSA) is 37.4 Å². The Morgan fingerprint density at radius 3 is 2.74 bits per heavy atom. The highest BCUT2D eigenvalue weighted by Crippen LogP contribution is 2.14. The van der Waals surface area contributed by atoms with Crippen molar-refractivity contribution in [3.63, 3.8) is 0 Å². The normalized spacial score (nSPS) is 24.4. The molecule has 0 radical (unpaired) electrons. The second kappa shape index (κ2) is 6.87. The van der Waals surface area contributed by atoms with Crippen molar-refractivity contribution in [2.75, 3.05) is 25.0 Å². The largest absolute Gasteiger partial charge is 0.373 e. The third-order valence-electron chi connectivity index (χ3n) is 3.24. The first-order valence-corrected chi connectivity index (χ1v) is 7.25. The molecule has 1 fully saturated rings. The lowest BCUT2D eigenvalue weighted by atomic mass is 10.2. The highest BCUT2D eigenvalue weighted by molar-refractivity contribution is 5.35. The number of nitrogens with one attached hydrogen (secondary N) is 1. The predicted octanol–water partition coefficient (Wildman–Crippen LogP) is 2.51. The number of hydrogen-bond acceptors (Lipinski definition) is 4. The molecule has 4 nitrogen and oxygen atoms in total. The van der Waals surface area contributed by atoms with Gasteiger partial charge in [-0.1, -0.05) is 13.0 Å². The molecule has 1 aliphatic rings. The van der Waals surface area contributed by atoms with Crippen LogP contribution in [0.1, 0.15) is 32.9 Å². The maximum absolute atomic E-state index is 5.76. The molecule has 1 N–H and O–H groups in total. The van der Waals surface area contributed by atoms with Crippen molar-refractivity contribution >= 4 is 5.82 Å². The van der Waals surface area contributed by atoms with E-state index in [1.165, 1.54) is 0 Å². The first-order valence-electron chi connectivity index (χ1n) is 7.25. The minimum Gasteiger partial charge on any atom is -0.373 e. The van der Waals surface area contributed by atoms with Crippen LogP contribution in [0.4, 0.5) is 5.82 Å². The highest BCUT2D eigenvalue weighted by Gasteiger charge is 2.22. The number of pyridine rings is 1. The fourth-order valence-corrected chi connectivity index (χ4v) is 2.56. The molecule has 2 rings (SSSR count). The molecule has 1 aromatic heterocycles. The predicted molar refractivity (Wildman–Crippen MR) is 78.3 cm³/mol. The molecule has 0 aliphatic carbocycles. The molecule has 1 aromatic rings. The molecule has 0 saturated carbocycles. The van der Waals surface area contributed by atoms with Gasteiger partial charge in [0.25, 0.3) is 0 Å². The molecule has 106 valence electrons. The molecular weight excluding hydrogens is 238 g/mol. The summed E-state index contributed by atoms with van der Waals surface area (Å²) in [6.45, 7) is 10.3. The van der Waals surface area contributed by atoms with E-state index in [0.29, 0.717) is 12.2 Å². The van der Waals surface area contributed by atoms with Crippen molar-refractivity contribution in [2.24, 2.45) is 0 Å². The van der Waals surface area contributed by atoms with E-state index in [2.05, 4.69) is 48.1 Å². The van der Waals surface area contributed by atoms with E-state index < -0.39 is 0 Å². The van der Waals surface area contributed by atoms with Gasteiger partial charge in [0, 0.05) is 26.2 Å². The molecule has 2 atom stereocenters. The first-order chi connectivity index (χ1) is 9.17. The third kappa shape index (κ3) is 4.48. The molecule has 0 aromatic carbocycles. The summed E-state index contributed by atoms with van der Waals surface area (Å²) in [5, 5.41) is 3.34. The number of nitrogens with zero attached hydrogens (tertiary/aromatic N) is 2. The van der Waals surface area contributed by atoms with Crippen molar-refractivity contribution in [2.45, 2.75) is 45.9 Å². The van der Waals surface area contributed by atoms with Gasteiger partial charge in [-0.3, -0.25) is 4.90 Å². The van der Waals surface area contributed by atoms with Gasteiger partial charge in [-0.15, -0.1) is 0 Å². The Labute approximate surface area is 116 Å². The van der Waals surface area contributed by atoms with Crippen LogP contribution in [-0.2, 0) is 11.3 Å². The minimum absolute atomic E-state index is 0.310. The second-order valence-electron chi connectivity index (χ2n) is 5.39. The maximum Gasteiger partial charge on any atom is 0.126 e. The van der Waals surface area contributed by atoms with Crippen LogP contribution in [0, 0.1) is 0 Å². The van der Waals surface area contributed by atoms with Crippen LogP contribution in [0.25, 0.3) is 0 Å². The van der Waals surface area contributed by atoms with E-state index in [1.807, 2.05) is 6.07 Å². The Bertz CT molecular complexity index is 387. The molecule has 19 heavy (non-hydrogen) atoms. The summed E-state index contributed by atoms with van der Waals surface area (Å²) in [5.41, 5.74) is 1.13. The van der Waals surface area contributed by atoms with E-state index >= 15 is 0 Å². The summed E-state index contributed by atoms with van der Waals surface area (Å²) in [6, 6.07) is 6.21. The molecule has 0 amide bonds. The lowest BCUT2D eigenvalue weighted by molar-refractivity contribution is -0.0707. The van der Waals surface area contributed by atoms with E-state index in [0.717, 1.165) is 44.1 Å². The van der Waals surface area contributed by atoms with E-state index in [4.69, 9.17) is 4.74 Å². The molecule has 1 aliphatic heterocycles. The zero-order valence-corrected chi connectivity index (χ0v) is 12.2. The average molecular weight is 263 g/mol. The van der Waals surface area contributed by atoms with Gasteiger partial charge in [-0.2, -0.15) is 0 Å². The summed E-state index contributed by atoms with van der Waals surface area (Å²) < 4.78 is 5.76. The zero-order valence-electron chi connectivity index (χ0n) is 12.2. The van der Waals surface area contributed by atoms with Crippen molar-refractivity contribution in [3.05, 3.63) is 23.9 Å². The number of hydrogen-bond donors (Lipinski definition) is 1. The van der Waals surface area contributed by atoms with Gasteiger partial charge in [0.1, 0.15) is 5.82 Å². The fraction of sp³-hybridized carbons (Fsp3) is 0.667. The lowest BCUT2D eigenvalue weighted by Gasteiger charge is -2.35. The van der Waals surface area contributed by atoms with Crippen molar-refractivity contribution < 1.29 is 4.74 Å². The van der Waals surface area contributed by atoms with Gasteiger partial charge in [0.15, 0.2) is 0 Å². The van der Waals surface area contributed by atoms with Gasteiger partial charge in [-0.25, -0.2) is 4.98 Å². The molecule has 4 heteroatoms. The quantitative estimate of drug-likeness (QED) is 0.885. The Hall–Kier alpha value is -1.13. The monoisotopic (exact) mass is 263 g/mol. The van der Waals surface area contributed by atoms with E-state index in [9.17, 15) is 0 Å². The van der Waals surface area contributed by atoms with Gasteiger partial charge in [0.05, 0.1) is 17.9 Å². The summed E-state index contributed by atoms with van der Waals surface area (Å²) in [6.07, 6.45) is 1.74. The number of morpholine rings is 1. The molecule has 0 spiro atoms. The van der Waals surface area contributed by atoms with E-state index in [1.54, 1.807) is 0 Å². The number of aromatic nitrogens is 1. The highest BCUT2D eigenvalue weighted by atomic mass is 16.5. The van der Waals surface area contributed by atoms with Crippen LogP contribution in [0.15, 0.2) is 18.2 Å². The Balaban J connectivity index is 1.94. The average Bonchev–Trinajstić information content (AvgIpc) is 2.35. The summed E-state index contributed by atoms with van der Waals surface area (Å²) in [5.74, 6) is 0.980. The molecular formula is C15H25N3O. The van der Waals surface area contributed by atoms with Crippen LogP contribution in [-0.4, -0.2) is 41.7 Å². The zero-order chi connectivity index (χ0) is 13.7. The van der Waals surface area contributed by atoms with Gasteiger partial charge < -0.3 is 10.1 Å². The van der Waals surface area contributed by atoms with Crippen LogP contribution in [0.2, 0.25) is 0 Å². The van der Waals surface area contributed by atoms with Crippen LogP contribution >= 0.6 is 0 Å². The van der Waals surface area contributed by atoms with E-state index in [-0.39, 0.29) is 0 Å². The molecule has 0 unspecified atom stereocenters. The standard InChI is InChI=1S/C15H25N3O/c1-4-8-16-15-7-5-6-14(17-15)11-18-9-12(2)19-13(3)10-18/h5-7,12-13H,4,8-11H2,1-3H3,(H,16,17)/t12-,13+. The van der Waals surface area contributed by atoms with Crippen molar-refractivity contribution in [3.8, 4) is 0 Å². The van der Waals surface area contributed by atoms with Gasteiger partial charge in [0.2, 0.25) is 0 Å². The number of ether oxygens (including phenoxy) is 1. The van der Waals surface area contributed by atoms with Gasteiger partial charge >= 0.3 is 0 Å². The number of rotatable bonds is 5. The molecule has 0 bridgehead atoms. The van der Waals surface area contributed by atoms with Crippen LogP contribution < -0.4 is 5.32 Å². The smallest absolute Gasteiger partial charge is 0.126 e. The van der Waals surface area contributed by atoms with Crippen molar-refractivity contribution in [1.29, 1.82) is 0 Å². The number of anilines is 1. The fourth-order valence-electron chi connectivity index (χ4n) is 2.56. The Morgan fingerprint density at radius 2 is 2.05 bits per heavy atom. The summed E-state index contributed by atoms with van der Waals surface area (Å²) in [7, 11) is 0. The maximum atomic E-state index is 5.76. The van der Waals surface area contributed by atoms with Gasteiger partial charge in [-0.05, 0) is 32.4 Å².